The fourth-order valence-corrected chi connectivity index (χ4v) is 3.91. The Morgan fingerprint density at radius 2 is 2.07 bits per heavy atom. The molecule has 0 bridgehead atoms. The number of hydrogen-bond acceptors (Lipinski definition) is 4. The first-order valence-electron chi connectivity index (χ1n) is 9.88. The highest BCUT2D eigenvalue weighted by Gasteiger charge is 2.31. The zero-order valence-electron chi connectivity index (χ0n) is 17.0. The number of pyridine rings is 1. The molecule has 6 nitrogen and oxygen atoms in total. The molecule has 1 N–H and O–H groups in total. The van der Waals surface area contributed by atoms with Crippen molar-refractivity contribution in [2.24, 2.45) is 13.0 Å². The predicted octanol–water partition coefficient (Wildman–Crippen LogP) is 3.64. The molecule has 1 saturated heterocycles. The number of alkyl halides is 1. The lowest BCUT2D eigenvalue weighted by Gasteiger charge is -2.22. The van der Waals surface area contributed by atoms with Crippen molar-refractivity contribution in [2.45, 2.75) is 25.9 Å². The molecule has 0 radical (unpaired) electrons. The average Bonchev–Trinajstić information content (AvgIpc) is 3.29. The first-order valence-corrected chi connectivity index (χ1v) is 9.88. The lowest BCUT2D eigenvalue weighted by Crippen LogP contribution is -2.35. The highest BCUT2D eigenvalue weighted by Crippen LogP contribution is 2.26. The van der Waals surface area contributed by atoms with Gasteiger partial charge in [-0.15, -0.1) is 0 Å². The van der Waals surface area contributed by atoms with Crippen LogP contribution in [-0.4, -0.2) is 50.9 Å². The van der Waals surface area contributed by atoms with Crippen LogP contribution in [0.1, 0.15) is 20.3 Å². The third-order valence-electron chi connectivity index (χ3n) is 5.25. The zero-order chi connectivity index (χ0) is 20.6. The number of likely N-dealkylation sites (tertiary alicyclic amines) is 1. The molecule has 0 aliphatic carbocycles. The van der Waals surface area contributed by atoms with Crippen molar-refractivity contribution in [3.05, 3.63) is 42.9 Å². The van der Waals surface area contributed by atoms with Crippen LogP contribution in [0.5, 0.6) is 0 Å². The lowest BCUT2D eigenvalue weighted by molar-refractivity contribution is -0.119. The number of carbonyl (C=O) groups is 1. The summed E-state index contributed by atoms with van der Waals surface area (Å²) in [5.74, 6) is 0.339. The number of nitrogens with one attached hydrogen (secondary N) is 1. The van der Waals surface area contributed by atoms with E-state index in [1.165, 1.54) is 0 Å². The molecule has 152 valence electrons. The van der Waals surface area contributed by atoms with Crippen LogP contribution in [0.3, 0.4) is 0 Å². The minimum absolute atomic E-state index is 0.0561. The number of anilines is 1. The zero-order valence-corrected chi connectivity index (χ0v) is 17.0. The second-order valence-electron chi connectivity index (χ2n) is 8.46. The molecule has 1 fully saturated rings. The topological polar surface area (TPSA) is 63.1 Å². The second-order valence-corrected chi connectivity index (χ2v) is 8.46. The molecule has 7 heteroatoms. The average molecular weight is 395 g/mol. The van der Waals surface area contributed by atoms with Crippen molar-refractivity contribution in [3.8, 4) is 11.1 Å². The lowest BCUT2D eigenvalue weighted by atomic mass is 10.0. The third-order valence-corrected chi connectivity index (χ3v) is 5.25. The summed E-state index contributed by atoms with van der Waals surface area (Å²) < 4.78 is 15.6. The van der Waals surface area contributed by atoms with Gasteiger partial charge in [-0.3, -0.25) is 14.4 Å². The Morgan fingerprint density at radius 3 is 2.79 bits per heavy atom. The standard InChI is InChI=1S/C22H26FN5O/c1-22(2,23)14-28-7-6-17(13-28)21(29)26-20-9-18-8-15(4-5-16(18)10-24-20)19-11-25-27(3)12-19/h4-5,8-12,17H,6-7,13-14H2,1-3H3,(H,24,26,29). The van der Waals surface area contributed by atoms with Gasteiger partial charge in [-0.25, -0.2) is 9.37 Å². The van der Waals surface area contributed by atoms with Crippen molar-refractivity contribution in [2.75, 3.05) is 25.0 Å². The second kappa shape index (κ2) is 7.55. The molecule has 1 amide bonds. The highest BCUT2D eigenvalue weighted by molar-refractivity contribution is 5.95. The molecule has 1 aliphatic heterocycles. The van der Waals surface area contributed by atoms with Gasteiger partial charge < -0.3 is 5.32 Å². The van der Waals surface area contributed by atoms with Gasteiger partial charge in [-0.1, -0.05) is 12.1 Å². The van der Waals surface area contributed by atoms with Crippen LogP contribution in [0.2, 0.25) is 0 Å². The summed E-state index contributed by atoms with van der Waals surface area (Å²) in [6, 6.07) is 8.03. The SMILES string of the molecule is Cn1cc(-c2ccc3cnc(NC(=O)C4CCN(CC(C)(C)F)C4)cc3c2)cn1. The van der Waals surface area contributed by atoms with Crippen LogP contribution < -0.4 is 5.32 Å². The van der Waals surface area contributed by atoms with Crippen LogP contribution in [-0.2, 0) is 11.8 Å². The summed E-state index contributed by atoms with van der Waals surface area (Å²) in [6.45, 7) is 4.81. The summed E-state index contributed by atoms with van der Waals surface area (Å²) in [4.78, 5) is 19.1. The maximum absolute atomic E-state index is 13.9. The van der Waals surface area contributed by atoms with Crippen LogP contribution in [0.15, 0.2) is 42.9 Å². The Hall–Kier alpha value is -2.80. The molecule has 0 spiro atoms. The summed E-state index contributed by atoms with van der Waals surface area (Å²) in [7, 11) is 1.89. The van der Waals surface area contributed by atoms with E-state index in [0.29, 0.717) is 18.9 Å². The van der Waals surface area contributed by atoms with Crippen LogP contribution >= 0.6 is 0 Å². The number of halogens is 1. The van der Waals surface area contributed by atoms with Gasteiger partial charge in [0.1, 0.15) is 11.5 Å². The largest absolute Gasteiger partial charge is 0.310 e. The number of rotatable bonds is 5. The summed E-state index contributed by atoms with van der Waals surface area (Å²) in [5, 5.41) is 9.17. The molecule has 2 aromatic heterocycles. The van der Waals surface area contributed by atoms with Crippen molar-refractivity contribution < 1.29 is 9.18 Å². The predicted molar refractivity (Wildman–Crippen MR) is 112 cm³/mol. The summed E-state index contributed by atoms with van der Waals surface area (Å²) in [5.41, 5.74) is 0.852. The van der Waals surface area contributed by atoms with Crippen molar-refractivity contribution in [1.82, 2.24) is 19.7 Å². The van der Waals surface area contributed by atoms with Gasteiger partial charge in [-0.2, -0.15) is 5.10 Å². The third kappa shape index (κ3) is 4.62. The van der Waals surface area contributed by atoms with Gasteiger partial charge in [0.15, 0.2) is 0 Å². The van der Waals surface area contributed by atoms with Crippen molar-refractivity contribution >= 4 is 22.5 Å². The van der Waals surface area contributed by atoms with Gasteiger partial charge in [-0.05, 0) is 49.9 Å². The van der Waals surface area contributed by atoms with Gasteiger partial charge in [0.05, 0.1) is 12.1 Å². The molecular weight excluding hydrogens is 369 g/mol. The molecule has 1 aromatic carbocycles. The maximum Gasteiger partial charge on any atom is 0.229 e. The molecule has 1 atom stereocenters. The van der Waals surface area contributed by atoms with E-state index in [0.717, 1.165) is 34.9 Å². The highest BCUT2D eigenvalue weighted by atomic mass is 19.1. The number of fused-ring (bicyclic) bond motifs is 1. The van der Waals surface area contributed by atoms with Crippen molar-refractivity contribution in [3.63, 3.8) is 0 Å². The van der Waals surface area contributed by atoms with Crippen LogP contribution in [0.25, 0.3) is 21.9 Å². The molecule has 4 rings (SSSR count). The Kier molecular flexibility index (Phi) is 5.08. The van der Waals surface area contributed by atoms with Crippen LogP contribution in [0, 0.1) is 5.92 Å². The fraction of sp³-hybridized carbons (Fsp3) is 0.409. The van der Waals surface area contributed by atoms with Gasteiger partial charge in [0.25, 0.3) is 0 Å². The number of aryl methyl sites for hydroxylation is 1. The first-order chi connectivity index (χ1) is 13.8. The maximum atomic E-state index is 13.9. The number of nitrogens with zero attached hydrogens (tertiary/aromatic N) is 4. The number of amides is 1. The van der Waals surface area contributed by atoms with E-state index in [9.17, 15) is 9.18 Å². The van der Waals surface area contributed by atoms with E-state index in [-0.39, 0.29) is 11.8 Å². The quantitative estimate of drug-likeness (QED) is 0.716. The molecule has 1 aliphatic rings. The molecule has 3 heterocycles. The van der Waals surface area contributed by atoms with E-state index in [2.05, 4.69) is 21.5 Å². The smallest absolute Gasteiger partial charge is 0.229 e. The molecule has 1 unspecified atom stereocenters. The molecule has 0 saturated carbocycles. The monoisotopic (exact) mass is 395 g/mol. The van der Waals surface area contributed by atoms with E-state index in [1.54, 1.807) is 24.7 Å². The molecule has 3 aromatic rings. The number of hydrogen-bond donors (Lipinski definition) is 1. The minimum Gasteiger partial charge on any atom is -0.310 e. The summed E-state index contributed by atoms with van der Waals surface area (Å²) >= 11 is 0. The van der Waals surface area contributed by atoms with Crippen molar-refractivity contribution in [1.29, 1.82) is 0 Å². The van der Waals surface area contributed by atoms with E-state index >= 15 is 0 Å². The van der Waals surface area contributed by atoms with Gasteiger partial charge >= 0.3 is 0 Å². The number of benzene rings is 1. The molecule has 29 heavy (non-hydrogen) atoms. The fourth-order valence-electron chi connectivity index (χ4n) is 3.91. The van der Waals surface area contributed by atoms with Gasteiger partial charge in [0, 0.05) is 43.5 Å². The van der Waals surface area contributed by atoms with E-state index in [4.69, 9.17) is 0 Å². The first kappa shape index (κ1) is 19.5. The number of aromatic nitrogens is 3. The Labute approximate surface area is 169 Å². The Bertz CT molecular complexity index is 1040. The van der Waals surface area contributed by atoms with E-state index < -0.39 is 5.67 Å². The normalized spacial score (nSPS) is 17.7. The number of carbonyl (C=O) groups excluding carboxylic acids is 1. The minimum atomic E-state index is -1.25. The molecular formula is C22H26FN5O. The Balaban J connectivity index is 1.47. The van der Waals surface area contributed by atoms with E-state index in [1.807, 2.05) is 42.5 Å². The summed E-state index contributed by atoms with van der Waals surface area (Å²) in [6.07, 6.45) is 6.30. The van der Waals surface area contributed by atoms with Crippen LogP contribution in [0.4, 0.5) is 10.2 Å². The Morgan fingerprint density at radius 1 is 1.24 bits per heavy atom. The van der Waals surface area contributed by atoms with Gasteiger partial charge in [0.2, 0.25) is 5.91 Å².